The summed E-state index contributed by atoms with van der Waals surface area (Å²) in [7, 11) is 3.09. The van der Waals surface area contributed by atoms with Crippen LogP contribution in [-0.4, -0.2) is 26.3 Å². The number of benzene rings is 2. The molecule has 114 valence electrons. The maximum atomic E-state index is 12.8. The Hall–Kier alpha value is -2.89. The molecule has 0 radical (unpaired) electrons. The Kier molecular flexibility index (Phi) is 5.08. The maximum absolute atomic E-state index is 12.8. The molecule has 0 saturated heterocycles. The molecular formula is C16H15FN2O3. The van der Waals surface area contributed by atoms with Gasteiger partial charge in [-0.3, -0.25) is 4.79 Å². The van der Waals surface area contributed by atoms with Crippen LogP contribution in [0, 0.1) is 5.82 Å². The van der Waals surface area contributed by atoms with Crippen LogP contribution in [0.4, 0.5) is 4.39 Å². The molecule has 22 heavy (non-hydrogen) atoms. The Morgan fingerprint density at radius 3 is 2.50 bits per heavy atom. The molecule has 1 N–H and O–H groups in total. The van der Waals surface area contributed by atoms with Gasteiger partial charge in [-0.25, -0.2) is 9.82 Å². The summed E-state index contributed by atoms with van der Waals surface area (Å²) in [4.78, 5) is 11.8. The van der Waals surface area contributed by atoms with Crippen molar-refractivity contribution in [3.63, 3.8) is 0 Å². The summed E-state index contributed by atoms with van der Waals surface area (Å²) in [5.41, 5.74) is 3.37. The van der Waals surface area contributed by atoms with E-state index in [-0.39, 0.29) is 0 Å². The maximum Gasteiger partial charge on any atom is 0.271 e. The van der Waals surface area contributed by atoms with Crippen LogP contribution in [-0.2, 0) is 0 Å². The lowest BCUT2D eigenvalue weighted by molar-refractivity contribution is 0.0955. The van der Waals surface area contributed by atoms with Crippen LogP contribution in [0.3, 0.4) is 0 Å². The molecule has 0 atom stereocenters. The highest BCUT2D eigenvalue weighted by Gasteiger charge is 2.05. The first kappa shape index (κ1) is 15.5. The SMILES string of the molecule is COc1ccc(/C=N/NC(=O)c2ccc(F)cc2)c(OC)c1. The third-order valence-electron chi connectivity index (χ3n) is 2.92. The largest absolute Gasteiger partial charge is 0.497 e. The highest BCUT2D eigenvalue weighted by atomic mass is 19.1. The van der Waals surface area contributed by atoms with Crippen molar-refractivity contribution >= 4 is 12.1 Å². The number of nitrogens with zero attached hydrogens (tertiary/aromatic N) is 1. The zero-order valence-electron chi connectivity index (χ0n) is 12.2. The summed E-state index contributed by atoms with van der Waals surface area (Å²) in [5.74, 6) is 0.398. The van der Waals surface area contributed by atoms with Gasteiger partial charge in [-0.1, -0.05) is 0 Å². The van der Waals surface area contributed by atoms with E-state index in [2.05, 4.69) is 10.5 Å². The van der Waals surface area contributed by atoms with E-state index in [0.29, 0.717) is 22.6 Å². The van der Waals surface area contributed by atoms with Crippen LogP contribution in [0.5, 0.6) is 11.5 Å². The van der Waals surface area contributed by atoms with Gasteiger partial charge >= 0.3 is 0 Å². The van der Waals surface area contributed by atoms with E-state index in [4.69, 9.17) is 9.47 Å². The molecule has 0 aliphatic rings. The number of carbonyl (C=O) groups excluding carboxylic acids is 1. The third-order valence-corrected chi connectivity index (χ3v) is 2.92. The van der Waals surface area contributed by atoms with E-state index in [9.17, 15) is 9.18 Å². The number of hydrazone groups is 1. The lowest BCUT2D eigenvalue weighted by Crippen LogP contribution is -2.17. The fraction of sp³-hybridized carbons (Fsp3) is 0.125. The number of amides is 1. The molecule has 0 aliphatic carbocycles. The van der Waals surface area contributed by atoms with E-state index < -0.39 is 11.7 Å². The highest BCUT2D eigenvalue weighted by molar-refractivity contribution is 5.95. The van der Waals surface area contributed by atoms with Crippen LogP contribution < -0.4 is 14.9 Å². The fourth-order valence-corrected chi connectivity index (χ4v) is 1.75. The van der Waals surface area contributed by atoms with Crippen molar-refractivity contribution in [1.82, 2.24) is 5.43 Å². The molecule has 0 spiro atoms. The minimum absolute atomic E-state index is 0.320. The van der Waals surface area contributed by atoms with Crippen LogP contribution >= 0.6 is 0 Å². The number of rotatable bonds is 5. The van der Waals surface area contributed by atoms with E-state index in [1.54, 1.807) is 25.3 Å². The Balaban J connectivity index is 2.06. The Bertz CT molecular complexity index is 684. The van der Waals surface area contributed by atoms with Gasteiger partial charge in [-0.2, -0.15) is 5.10 Å². The molecule has 0 aliphatic heterocycles. The molecule has 0 fully saturated rings. The smallest absolute Gasteiger partial charge is 0.271 e. The van der Waals surface area contributed by atoms with Gasteiger partial charge in [-0.05, 0) is 36.4 Å². The standard InChI is InChI=1S/C16H15FN2O3/c1-21-14-8-5-12(15(9-14)22-2)10-18-19-16(20)11-3-6-13(17)7-4-11/h3-10H,1-2H3,(H,19,20)/b18-10+. The van der Waals surface area contributed by atoms with Gasteiger partial charge in [0, 0.05) is 17.2 Å². The molecule has 0 bridgehead atoms. The van der Waals surface area contributed by atoms with Crippen LogP contribution in [0.15, 0.2) is 47.6 Å². The quantitative estimate of drug-likeness (QED) is 0.682. The number of carbonyl (C=O) groups is 1. The van der Waals surface area contributed by atoms with Gasteiger partial charge in [0.05, 0.1) is 20.4 Å². The lowest BCUT2D eigenvalue weighted by atomic mass is 10.2. The molecule has 0 aromatic heterocycles. The monoisotopic (exact) mass is 302 g/mol. The summed E-state index contributed by atoms with van der Waals surface area (Å²) >= 11 is 0. The Labute approximate surface area is 127 Å². The van der Waals surface area contributed by atoms with Crippen molar-refractivity contribution in [2.24, 2.45) is 5.10 Å². The number of halogens is 1. The second kappa shape index (κ2) is 7.21. The van der Waals surface area contributed by atoms with Crippen molar-refractivity contribution in [3.8, 4) is 11.5 Å². The molecule has 2 rings (SSSR count). The third kappa shape index (κ3) is 3.82. The second-order valence-electron chi connectivity index (χ2n) is 4.31. The van der Waals surface area contributed by atoms with Gasteiger partial charge < -0.3 is 9.47 Å². The molecular weight excluding hydrogens is 287 g/mol. The molecule has 0 heterocycles. The van der Waals surface area contributed by atoms with Crippen LogP contribution in [0.2, 0.25) is 0 Å². The Morgan fingerprint density at radius 2 is 1.86 bits per heavy atom. The van der Waals surface area contributed by atoms with Crippen LogP contribution in [0.25, 0.3) is 0 Å². The predicted octanol–water partition coefficient (Wildman–Crippen LogP) is 2.61. The van der Waals surface area contributed by atoms with Crippen molar-refractivity contribution < 1.29 is 18.7 Å². The minimum Gasteiger partial charge on any atom is -0.497 e. The second-order valence-corrected chi connectivity index (χ2v) is 4.31. The number of ether oxygens (including phenoxy) is 2. The van der Waals surface area contributed by atoms with Crippen molar-refractivity contribution in [1.29, 1.82) is 0 Å². The van der Waals surface area contributed by atoms with Gasteiger partial charge in [0.2, 0.25) is 0 Å². The fourth-order valence-electron chi connectivity index (χ4n) is 1.75. The van der Waals surface area contributed by atoms with E-state index in [0.717, 1.165) is 0 Å². The summed E-state index contributed by atoms with van der Waals surface area (Å²) in [6.45, 7) is 0. The zero-order chi connectivity index (χ0) is 15.9. The Morgan fingerprint density at radius 1 is 1.14 bits per heavy atom. The minimum atomic E-state index is -0.427. The molecule has 2 aromatic rings. The molecule has 2 aromatic carbocycles. The molecule has 0 saturated carbocycles. The number of hydrogen-bond acceptors (Lipinski definition) is 4. The van der Waals surface area contributed by atoms with Gasteiger partial charge in [0.1, 0.15) is 17.3 Å². The number of hydrogen-bond donors (Lipinski definition) is 1. The first-order chi connectivity index (χ1) is 10.6. The first-order valence-electron chi connectivity index (χ1n) is 6.45. The average Bonchev–Trinajstić information content (AvgIpc) is 2.55. The summed E-state index contributed by atoms with van der Waals surface area (Å²) in [5, 5.41) is 3.87. The predicted molar refractivity (Wildman–Crippen MR) is 81.0 cm³/mol. The topological polar surface area (TPSA) is 59.9 Å². The zero-order valence-corrected chi connectivity index (χ0v) is 12.2. The highest BCUT2D eigenvalue weighted by Crippen LogP contribution is 2.22. The molecule has 1 amide bonds. The number of nitrogens with one attached hydrogen (secondary N) is 1. The molecule has 5 nitrogen and oxygen atoms in total. The van der Waals surface area contributed by atoms with E-state index in [1.165, 1.54) is 37.6 Å². The normalized spacial score (nSPS) is 10.5. The molecule has 0 unspecified atom stereocenters. The lowest BCUT2D eigenvalue weighted by Gasteiger charge is -2.06. The van der Waals surface area contributed by atoms with Gasteiger partial charge in [0.25, 0.3) is 5.91 Å². The van der Waals surface area contributed by atoms with Crippen molar-refractivity contribution in [3.05, 3.63) is 59.4 Å². The average molecular weight is 302 g/mol. The summed E-state index contributed by atoms with van der Waals surface area (Å²) in [6.07, 6.45) is 1.46. The summed E-state index contributed by atoms with van der Waals surface area (Å²) in [6, 6.07) is 10.4. The van der Waals surface area contributed by atoms with E-state index in [1.807, 2.05) is 0 Å². The van der Waals surface area contributed by atoms with E-state index >= 15 is 0 Å². The van der Waals surface area contributed by atoms with Gasteiger partial charge in [-0.15, -0.1) is 0 Å². The van der Waals surface area contributed by atoms with Crippen molar-refractivity contribution in [2.45, 2.75) is 0 Å². The summed E-state index contributed by atoms with van der Waals surface area (Å²) < 4.78 is 23.1. The van der Waals surface area contributed by atoms with Gasteiger partial charge in [0.15, 0.2) is 0 Å². The first-order valence-corrected chi connectivity index (χ1v) is 6.45. The number of methoxy groups -OCH3 is 2. The molecule has 6 heteroatoms. The van der Waals surface area contributed by atoms with Crippen molar-refractivity contribution in [2.75, 3.05) is 14.2 Å². The van der Waals surface area contributed by atoms with Crippen LogP contribution in [0.1, 0.15) is 15.9 Å².